The summed E-state index contributed by atoms with van der Waals surface area (Å²) < 4.78 is 10.3. The number of halogens is 1. The molecule has 134 valence electrons. The van der Waals surface area contributed by atoms with Gasteiger partial charge < -0.3 is 25.1 Å². The van der Waals surface area contributed by atoms with E-state index in [9.17, 15) is 9.59 Å². The van der Waals surface area contributed by atoms with Crippen molar-refractivity contribution in [2.45, 2.75) is 31.3 Å². The summed E-state index contributed by atoms with van der Waals surface area (Å²) in [6.07, 6.45) is 5.28. The number of nitrogens with one attached hydrogen (secondary N) is 3. The Balaban J connectivity index is 1.86. The van der Waals surface area contributed by atoms with Gasteiger partial charge in [-0.1, -0.05) is 0 Å². The zero-order valence-electron chi connectivity index (χ0n) is 13.9. The molecule has 3 rings (SSSR count). The van der Waals surface area contributed by atoms with E-state index >= 15 is 0 Å². The lowest BCUT2D eigenvalue weighted by atomic mass is 10.1. The van der Waals surface area contributed by atoms with Crippen molar-refractivity contribution in [3.05, 3.63) is 22.4 Å². The minimum atomic E-state index is -0.452. The van der Waals surface area contributed by atoms with Crippen molar-refractivity contribution < 1.29 is 19.1 Å². The number of H-pyrrole nitrogens is 1. The average Bonchev–Trinajstić information content (AvgIpc) is 3.21. The Bertz CT molecular complexity index is 807. The number of aromatic amines is 1. The lowest BCUT2D eigenvalue weighted by Gasteiger charge is -2.18. The van der Waals surface area contributed by atoms with Gasteiger partial charge in [-0.05, 0) is 35.2 Å². The monoisotopic (exact) mass is 410 g/mol. The number of aromatic nitrogens is 2. The van der Waals surface area contributed by atoms with Gasteiger partial charge >= 0.3 is 12.1 Å². The van der Waals surface area contributed by atoms with Crippen molar-refractivity contribution in [1.29, 1.82) is 0 Å². The fraction of sp³-hybridized carbons (Fsp3) is 0.438. The van der Waals surface area contributed by atoms with E-state index < -0.39 is 12.1 Å². The van der Waals surface area contributed by atoms with Crippen LogP contribution >= 0.6 is 15.9 Å². The summed E-state index contributed by atoms with van der Waals surface area (Å²) >= 11 is 3.49. The maximum absolute atomic E-state index is 12.1. The van der Waals surface area contributed by atoms with Crippen molar-refractivity contribution >= 4 is 44.7 Å². The average molecular weight is 411 g/mol. The maximum Gasteiger partial charge on any atom is 0.407 e. The van der Waals surface area contributed by atoms with Crippen LogP contribution in [0.3, 0.4) is 0 Å². The third-order valence-electron chi connectivity index (χ3n) is 4.35. The van der Waals surface area contributed by atoms with Crippen LogP contribution in [0.2, 0.25) is 0 Å². The molecule has 1 saturated carbocycles. The highest BCUT2D eigenvalue weighted by Crippen LogP contribution is 2.35. The number of carbonyl (C=O) groups is 2. The lowest BCUT2D eigenvalue weighted by Crippen LogP contribution is -2.33. The van der Waals surface area contributed by atoms with Crippen LogP contribution in [0.4, 0.5) is 10.5 Å². The van der Waals surface area contributed by atoms with Gasteiger partial charge in [-0.25, -0.2) is 14.6 Å². The Morgan fingerprint density at radius 3 is 2.76 bits per heavy atom. The molecular weight excluding hydrogens is 392 g/mol. The Kier molecular flexibility index (Phi) is 5.12. The minimum Gasteiger partial charge on any atom is -0.465 e. The van der Waals surface area contributed by atoms with E-state index in [1.165, 1.54) is 20.4 Å². The molecule has 0 unspecified atom stereocenters. The van der Waals surface area contributed by atoms with Crippen LogP contribution in [0.25, 0.3) is 11.0 Å². The second kappa shape index (κ2) is 7.30. The van der Waals surface area contributed by atoms with Gasteiger partial charge in [0.15, 0.2) is 0 Å². The largest absolute Gasteiger partial charge is 0.465 e. The molecule has 0 aliphatic heterocycles. The summed E-state index contributed by atoms with van der Waals surface area (Å²) in [5.41, 5.74) is 1.72. The number of esters is 1. The second-order valence-corrected chi connectivity index (χ2v) is 6.74. The third kappa shape index (κ3) is 3.55. The van der Waals surface area contributed by atoms with Gasteiger partial charge in [0.25, 0.3) is 0 Å². The number of amides is 1. The predicted molar refractivity (Wildman–Crippen MR) is 95.7 cm³/mol. The molecule has 2 heterocycles. The number of ether oxygens (including phenoxy) is 2. The first-order valence-corrected chi connectivity index (χ1v) is 8.67. The molecule has 1 aliphatic rings. The molecule has 0 bridgehead atoms. The molecule has 0 radical (unpaired) electrons. The fourth-order valence-corrected chi connectivity index (χ4v) is 3.65. The maximum atomic E-state index is 12.1. The fourth-order valence-electron chi connectivity index (χ4n) is 3.15. The summed E-state index contributed by atoms with van der Waals surface area (Å²) in [4.78, 5) is 30.8. The number of fused-ring (bicyclic) bond motifs is 1. The number of hydrogen-bond acceptors (Lipinski definition) is 6. The van der Waals surface area contributed by atoms with E-state index in [0.717, 1.165) is 29.1 Å². The van der Waals surface area contributed by atoms with E-state index in [2.05, 4.69) is 41.3 Å². The van der Waals surface area contributed by atoms with E-state index in [0.29, 0.717) is 16.9 Å². The zero-order chi connectivity index (χ0) is 18.0. The lowest BCUT2D eigenvalue weighted by molar-refractivity contribution is 0.0601. The number of anilines is 1. The van der Waals surface area contributed by atoms with E-state index in [4.69, 9.17) is 4.74 Å². The van der Waals surface area contributed by atoms with Crippen LogP contribution < -0.4 is 10.6 Å². The molecule has 9 heteroatoms. The van der Waals surface area contributed by atoms with Crippen LogP contribution in [0, 0.1) is 0 Å². The summed E-state index contributed by atoms with van der Waals surface area (Å²) in [7, 11) is 2.69. The third-order valence-corrected chi connectivity index (χ3v) is 4.97. The Labute approximate surface area is 152 Å². The number of pyridine rings is 1. The molecule has 2 atom stereocenters. The van der Waals surface area contributed by atoms with Gasteiger partial charge in [-0.3, -0.25) is 0 Å². The number of methoxy groups -OCH3 is 2. The first-order valence-electron chi connectivity index (χ1n) is 7.88. The Hall–Kier alpha value is -2.29. The van der Waals surface area contributed by atoms with Gasteiger partial charge in [0.05, 0.1) is 25.3 Å². The molecule has 2 aromatic heterocycles. The van der Waals surface area contributed by atoms with Crippen molar-refractivity contribution in [3.8, 4) is 0 Å². The topological polar surface area (TPSA) is 105 Å². The number of nitrogens with zero attached hydrogens (tertiary/aromatic N) is 1. The molecule has 1 aliphatic carbocycles. The number of carbonyl (C=O) groups excluding carboxylic acids is 2. The number of hydrogen-bond donors (Lipinski definition) is 3. The first-order chi connectivity index (χ1) is 12.0. The molecule has 0 spiro atoms. The molecule has 0 saturated heterocycles. The minimum absolute atomic E-state index is 0.0403. The van der Waals surface area contributed by atoms with Crippen LogP contribution in [-0.4, -0.2) is 48.3 Å². The van der Waals surface area contributed by atoms with E-state index in [1.54, 1.807) is 6.20 Å². The van der Waals surface area contributed by atoms with Gasteiger partial charge in [-0.15, -0.1) is 0 Å². The normalized spacial score (nSPS) is 19.6. The van der Waals surface area contributed by atoms with Crippen LogP contribution in [0.15, 0.2) is 16.9 Å². The van der Waals surface area contributed by atoms with Crippen LogP contribution in [-0.2, 0) is 9.47 Å². The molecule has 1 amide bonds. The predicted octanol–water partition coefficient (Wildman–Crippen LogP) is 2.80. The molecule has 8 nitrogen and oxygen atoms in total. The number of alkyl carbamates (subject to hydrolysis) is 1. The molecule has 2 aromatic rings. The Morgan fingerprint density at radius 1 is 1.28 bits per heavy atom. The molecule has 1 fully saturated rings. The van der Waals surface area contributed by atoms with Crippen molar-refractivity contribution in [1.82, 2.24) is 15.3 Å². The van der Waals surface area contributed by atoms with Gasteiger partial charge in [0.1, 0.15) is 11.2 Å². The smallest absolute Gasteiger partial charge is 0.407 e. The first kappa shape index (κ1) is 17.5. The molecule has 25 heavy (non-hydrogen) atoms. The summed E-state index contributed by atoms with van der Waals surface area (Å²) in [5, 5.41) is 7.05. The van der Waals surface area contributed by atoms with Gasteiger partial charge in [0, 0.05) is 29.0 Å². The van der Waals surface area contributed by atoms with Crippen LogP contribution in [0.1, 0.15) is 29.6 Å². The summed E-state index contributed by atoms with van der Waals surface area (Å²) in [6.45, 7) is 0. The quantitative estimate of drug-likeness (QED) is 0.669. The van der Waals surface area contributed by atoms with Crippen LogP contribution in [0.5, 0.6) is 0 Å². The van der Waals surface area contributed by atoms with Crippen molar-refractivity contribution in [2.24, 2.45) is 0 Å². The number of rotatable bonds is 4. The highest BCUT2D eigenvalue weighted by atomic mass is 79.9. The SMILES string of the molecule is COC(=O)N[C@@H]1CC[C@@H](Nc2c(C(=O)OC)cnc3[nH]cc(Br)c23)C1. The highest BCUT2D eigenvalue weighted by Gasteiger charge is 2.28. The standard InChI is InChI=1S/C16H19BrN4O4/c1-24-15(22)10-6-18-14-12(11(17)7-19-14)13(10)20-8-3-4-9(5-8)21-16(23)25-2/h6-9H,3-5H2,1-2H3,(H,21,23)(H2,18,19,20)/t8-,9-/m1/s1. The van der Waals surface area contributed by atoms with Crippen molar-refractivity contribution in [3.63, 3.8) is 0 Å². The van der Waals surface area contributed by atoms with E-state index in [-0.39, 0.29) is 12.1 Å². The molecular formula is C16H19BrN4O4. The second-order valence-electron chi connectivity index (χ2n) is 5.89. The Morgan fingerprint density at radius 2 is 2.04 bits per heavy atom. The van der Waals surface area contributed by atoms with Gasteiger partial charge in [0.2, 0.25) is 0 Å². The summed E-state index contributed by atoms with van der Waals surface area (Å²) in [6, 6.07) is 0.150. The summed E-state index contributed by atoms with van der Waals surface area (Å²) in [5.74, 6) is -0.452. The van der Waals surface area contributed by atoms with Crippen molar-refractivity contribution in [2.75, 3.05) is 19.5 Å². The zero-order valence-corrected chi connectivity index (χ0v) is 15.5. The molecule has 3 N–H and O–H groups in total. The highest BCUT2D eigenvalue weighted by molar-refractivity contribution is 9.10. The molecule has 0 aromatic carbocycles. The van der Waals surface area contributed by atoms with E-state index in [1.807, 2.05) is 0 Å². The van der Waals surface area contributed by atoms with Gasteiger partial charge in [-0.2, -0.15) is 0 Å².